The Morgan fingerprint density at radius 3 is 2.47 bits per heavy atom. The largest absolute Gasteiger partial charge is 0.477 e. The molecule has 0 radical (unpaired) electrons. The topological polar surface area (TPSA) is 54.3 Å². The van der Waals surface area contributed by atoms with Crippen molar-refractivity contribution in [3.05, 3.63) is 107 Å². The molecule has 0 fully saturated rings. The van der Waals surface area contributed by atoms with Crippen LogP contribution in [-0.2, 0) is 19.6 Å². The first kappa shape index (κ1) is 19.9. The number of halogens is 1. The molecule has 3 aromatic carbocycles. The van der Waals surface area contributed by atoms with Crippen LogP contribution in [0.5, 0.6) is 0 Å². The zero-order chi connectivity index (χ0) is 21.1. The minimum atomic E-state index is -0.970. The number of nitrogens with one attached hydrogen (secondary N) is 1. The number of hydrogen-bond donors (Lipinski definition) is 2. The van der Waals surface area contributed by atoms with Crippen molar-refractivity contribution < 1.29 is 14.3 Å². The van der Waals surface area contributed by atoms with Gasteiger partial charge in [0.25, 0.3) is 0 Å². The minimum Gasteiger partial charge on any atom is -0.477 e. The van der Waals surface area contributed by atoms with E-state index in [4.69, 9.17) is 0 Å². The lowest BCUT2D eigenvalue weighted by Gasteiger charge is -2.10. The molecule has 1 aromatic heterocycles. The highest BCUT2D eigenvalue weighted by molar-refractivity contribution is 5.98. The van der Waals surface area contributed by atoms with E-state index in [1.807, 2.05) is 60.0 Å². The number of rotatable bonds is 7. The van der Waals surface area contributed by atoms with Gasteiger partial charge in [0, 0.05) is 41.7 Å². The molecule has 0 atom stereocenters. The van der Waals surface area contributed by atoms with Crippen molar-refractivity contribution in [1.82, 2.24) is 9.88 Å². The molecule has 0 bridgehead atoms. The molecule has 0 amide bonds. The standard InChI is InChI=1S/C25H23FN2O2/c1-17-11-12-20-21(15-27-14-19-9-5-6-10-22(19)26)24(25(29)30)28(23(20)13-17)16-18-7-3-2-4-8-18/h2-13,27H,14-16H2,1H3,(H,29,30). The van der Waals surface area contributed by atoms with Crippen LogP contribution < -0.4 is 5.32 Å². The first-order valence-corrected chi connectivity index (χ1v) is 9.87. The third-order valence-corrected chi connectivity index (χ3v) is 5.29. The van der Waals surface area contributed by atoms with Gasteiger partial charge in [0.2, 0.25) is 0 Å². The van der Waals surface area contributed by atoms with E-state index in [1.54, 1.807) is 18.2 Å². The average molecular weight is 402 g/mol. The fourth-order valence-corrected chi connectivity index (χ4v) is 3.85. The Bertz CT molecular complexity index is 1200. The SMILES string of the molecule is Cc1ccc2c(CNCc3ccccc3F)c(C(=O)O)n(Cc3ccccc3)c2c1. The van der Waals surface area contributed by atoms with Gasteiger partial charge in [-0.2, -0.15) is 0 Å². The zero-order valence-corrected chi connectivity index (χ0v) is 16.7. The molecule has 1 heterocycles. The van der Waals surface area contributed by atoms with Crippen LogP contribution in [0.25, 0.3) is 10.9 Å². The molecule has 0 unspecified atom stereocenters. The fraction of sp³-hybridized carbons (Fsp3) is 0.160. The van der Waals surface area contributed by atoms with E-state index in [2.05, 4.69) is 5.32 Å². The van der Waals surface area contributed by atoms with Gasteiger partial charge >= 0.3 is 5.97 Å². The third-order valence-electron chi connectivity index (χ3n) is 5.29. The molecule has 0 aliphatic heterocycles. The molecule has 0 spiro atoms. The summed E-state index contributed by atoms with van der Waals surface area (Å²) in [5, 5.41) is 14.2. The number of nitrogens with zero attached hydrogens (tertiary/aromatic N) is 1. The summed E-state index contributed by atoms with van der Waals surface area (Å²) in [6.07, 6.45) is 0. The molecule has 4 aromatic rings. The Labute approximate surface area is 174 Å². The number of carbonyl (C=O) groups is 1. The van der Waals surface area contributed by atoms with Crippen molar-refractivity contribution >= 4 is 16.9 Å². The summed E-state index contributed by atoms with van der Waals surface area (Å²) in [5.41, 5.74) is 4.52. The maximum atomic E-state index is 13.9. The van der Waals surface area contributed by atoms with Gasteiger partial charge < -0.3 is 15.0 Å². The van der Waals surface area contributed by atoms with Gasteiger partial charge in [-0.1, -0.05) is 60.7 Å². The van der Waals surface area contributed by atoms with Crippen LogP contribution in [-0.4, -0.2) is 15.6 Å². The van der Waals surface area contributed by atoms with Crippen molar-refractivity contribution in [2.75, 3.05) is 0 Å². The second-order valence-electron chi connectivity index (χ2n) is 7.42. The van der Waals surface area contributed by atoms with E-state index < -0.39 is 5.97 Å². The summed E-state index contributed by atoms with van der Waals surface area (Å²) in [6, 6.07) is 22.4. The van der Waals surface area contributed by atoms with Crippen molar-refractivity contribution in [3.8, 4) is 0 Å². The molecule has 152 valence electrons. The molecular formula is C25H23FN2O2. The Balaban J connectivity index is 1.73. The van der Waals surface area contributed by atoms with Gasteiger partial charge in [0.1, 0.15) is 11.5 Å². The Morgan fingerprint density at radius 2 is 1.73 bits per heavy atom. The molecule has 0 saturated carbocycles. The first-order valence-electron chi connectivity index (χ1n) is 9.87. The number of aromatic carboxylic acids is 1. The number of aryl methyl sites for hydroxylation is 1. The first-order chi connectivity index (χ1) is 14.5. The summed E-state index contributed by atoms with van der Waals surface area (Å²) in [5.74, 6) is -1.24. The van der Waals surface area contributed by atoms with Crippen LogP contribution in [0.15, 0.2) is 72.8 Å². The van der Waals surface area contributed by atoms with Gasteiger partial charge in [-0.15, -0.1) is 0 Å². The fourth-order valence-electron chi connectivity index (χ4n) is 3.85. The molecule has 4 nitrogen and oxygen atoms in total. The number of carboxylic acid groups (broad SMARTS) is 1. The summed E-state index contributed by atoms with van der Waals surface area (Å²) >= 11 is 0. The molecular weight excluding hydrogens is 379 g/mol. The van der Waals surface area contributed by atoms with Crippen LogP contribution in [0.2, 0.25) is 0 Å². The van der Waals surface area contributed by atoms with Crippen LogP contribution in [0.3, 0.4) is 0 Å². The monoisotopic (exact) mass is 402 g/mol. The van der Waals surface area contributed by atoms with E-state index in [0.717, 1.165) is 22.0 Å². The number of carboxylic acids is 1. The third kappa shape index (κ3) is 3.98. The summed E-state index contributed by atoms with van der Waals surface area (Å²) < 4.78 is 15.8. The van der Waals surface area contributed by atoms with E-state index in [-0.39, 0.29) is 11.5 Å². The smallest absolute Gasteiger partial charge is 0.352 e. The van der Waals surface area contributed by atoms with Gasteiger partial charge in [-0.3, -0.25) is 0 Å². The maximum absolute atomic E-state index is 13.9. The van der Waals surface area contributed by atoms with E-state index in [1.165, 1.54) is 6.07 Å². The summed E-state index contributed by atoms with van der Waals surface area (Å²) in [7, 11) is 0. The Morgan fingerprint density at radius 1 is 1.00 bits per heavy atom. The second kappa shape index (κ2) is 8.51. The lowest BCUT2D eigenvalue weighted by atomic mass is 10.1. The van der Waals surface area contributed by atoms with Crippen LogP contribution in [0.4, 0.5) is 4.39 Å². The van der Waals surface area contributed by atoms with Crippen LogP contribution in [0, 0.1) is 12.7 Å². The zero-order valence-electron chi connectivity index (χ0n) is 16.7. The quantitative estimate of drug-likeness (QED) is 0.451. The second-order valence-corrected chi connectivity index (χ2v) is 7.42. The molecule has 4 rings (SSSR count). The number of hydrogen-bond acceptors (Lipinski definition) is 2. The average Bonchev–Trinajstić information content (AvgIpc) is 3.03. The molecule has 0 aliphatic carbocycles. The summed E-state index contributed by atoms with van der Waals surface area (Å²) in [6.45, 7) is 3.12. The van der Waals surface area contributed by atoms with Crippen LogP contribution >= 0.6 is 0 Å². The van der Waals surface area contributed by atoms with E-state index in [0.29, 0.717) is 30.8 Å². The maximum Gasteiger partial charge on any atom is 0.352 e. The molecule has 0 aliphatic rings. The highest BCUT2D eigenvalue weighted by Gasteiger charge is 2.22. The highest BCUT2D eigenvalue weighted by Crippen LogP contribution is 2.29. The van der Waals surface area contributed by atoms with Crippen molar-refractivity contribution in [2.24, 2.45) is 0 Å². The van der Waals surface area contributed by atoms with Gasteiger partial charge in [0.05, 0.1) is 0 Å². The van der Waals surface area contributed by atoms with Crippen LogP contribution in [0.1, 0.15) is 32.7 Å². The molecule has 5 heteroatoms. The lowest BCUT2D eigenvalue weighted by molar-refractivity contribution is 0.0684. The highest BCUT2D eigenvalue weighted by atomic mass is 19.1. The number of benzene rings is 3. The molecule has 30 heavy (non-hydrogen) atoms. The molecule has 2 N–H and O–H groups in total. The number of aromatic nitrogens is 1. The van der Waals surface area contributed by atoms with Crippen molar-refractivity contribution in [2.45, 2.75) is 26.6 Å². The van der Waals surface area contributed by atoms with Gasteiger partial charge in [-0.25, -0.2) is 9.18 Å². The predicted molar refractivity (Wildman–Crippen MR) is 116 cm³/mol. The normalized spacial score (nSPS) is 11.1. The van der Waals surface area contributed by atoms with Crippen molar-refractivity contribution in [3.63, 3.8) is 0 Å². The molecule has 0 saturated heterocycles. The van der Waals surface area contributed by atoms with Gasteiger partial charge in [0.15, 0.2) is 0 Å². The lowest BCUT2D eigenvalue weighted by Crippen LogP contribution is -2.17. The predicted octanol–water partition coefficient (Wildman–Crippen LogP) is 5.13. The Kier molecular flexibility index (Phi) is 5.63. The van der Waals surface area contributed by atoms with E-state index in [9.17, 15) is 14.3 Å². The minimum absolute atomic E-state index is 0.264. The van der Waals surface area contributed by atoms with Crippen molar-refractivity contribution in [1.29, 1.82) is 0 Å². The van der Waals surface area contributed by atoms with Gasteiger partial charge in [-0.05, 0) is 30.2 Å². The van der Waals surface area contributed by atoms with E-state index >= 15 is 0 Å². The number of fused-ring (bicyclic) bond motifs is 1. The summed E-state index contributed by atoms with van der Waals surface area (Å²) in [4.78, 5) is 12.3. The Hall–Kier alpha value is -3.44.